The molecule has 0 N–H and O–H groups in total. The fourth-order valence-corrected chi connectivity index (χ4v) is 3.82. The lowest BCUT2D eigenvalue weighted by atomic mass is 10.2. The molecule has 1 atom stereocenters. The van der Waals surface area contributed by atoms with E-state index in [0.717, 1.165) is 15.2 Å². The van der Waals surface area contributed by atoms with Gasteiger partial charge in [0.25, 0.3) is 0 Å². The molecule has 25 heavy (non-hydrogen) atoms. The van der Waals surface area contributed by atoms with Crippen molar-refractivity contribution >= 4 is 33.4 Å². The van der Waals surface area contributed by atoms with E-state index in [1.165, 1.54) is 12.0 Å². The van der Waals surface area contributed by atoms with E-state index in [2.05, 4.69) is 4.98 Å². The third-order valence-corrected chi connectivity index (χ3v) is 5.25. The first-order chi connectivity index (χ1) is 12.1. The summed E-state index contributed by atoms with van der Waals surface area (Å²) in [6, 6.07) is 7.68. The Morgan fingerprint density at radius 1 is 1.44 bits per heavy atom. The number of amides is 2. The zero-order chi connectivity index (χ0) is 17.8. The number of nitrogens with zero attached hydrogens (tertiary/aromatic N) is 3. The van der Waals surface area contributed by atoms with Crippen molar-refractivity contribution in [1.29, 1.82) is 0 Å². The van der Waals surface area contributed by atoms with Gasteiger partial charge in [-0.2, -0.15) is 0 Å². The molecule has 1 aliphatic rings. The molecular formula is C17H21N3O4S. The number of likely N-dealkylation sites (N-methyl/N-ethyl adjacent to an activating group) is 1. The van der Waals surface area contributed by atoms with E-state index >= 15 is 0 Å². The number of ether oxygens (including phenoxy) is 2. The molecule has 0 spiro atoms. The van der Waals surface area contributed by atoms with E-state index in [1.54, 1.807) is 23.3 Å². The Hall–Kier alpha value is -2.03. The Bertz CT molecular complexity index is 730. The number of methoxy groups -OCH3 is 1. The largest absolute Gasteiger partial charge is 0.377 e. The molecule has 1 aromatic carbocycles. The summed E-state index contributed by atoms with van der Waals surface area (Å²) >= 11 is 1.57. The molecule has 0 radical (unpaired) electrons. The van der Waals surface area contributed by atoms with E-state index < -0.39 is 0 Å². The van der Waals surface area contributed by atoms with Gasteiger partial charge < -0.3 is 19.3 Å². The van der Waals surface area contributed by atoms with Crippen LogP contribution in [-0.2, 0) is 19.1 Å². The van der Waals surface area contributed by atoms with E-state index in [1.807, 2.05) is 24.3 Å². The molecule has 2 heterocycles. The number of carbonyl (C=O) groups excluding carboxylic acids is 2. The van der Waals surface area contributed by atoms with Crippen LogP contribution in [0.25, 0.3) is 10.2 Å². The highest BCUT2D eigenvalue weighted by Crippen LogP contribution is 2.31. The van der Waals surface area contributed by atoms with Crippen LogP contribution >= 0.6 is 11.3 Å². The average molecular weight is 363 g/mol. The third kappa shape index (κ3) is 3.97. The fraction of sp³-hybridized carbons (Fsp3) is 0.471. The second kappa shape index (κ2) is 7.90. The van der Waals surface area contributed by atoms with Gasteiger partial charge in [-0.15, -0.1) is 11.3 Å². The van der Waals surface area contributed by atoms with Gasteiger partial charge in [0.15, 0.2) is 0 Å². The van der Waals surface area contributed by atoms with Crippen LogP contribution in [0.4, 0.5) is 0 Å². The van der Waals surface area contributed by atoms with Gasteiger partial charge in [0.1, 0.15) is 17.7 Å². The maximum absolute atomic E-state index is 12.7. The van der Waals surface area contributed by atoms with Gasteiger partial charge in [0.05, 0.1) is 30.0 Å². The quantitative estimate of drug-likeness (QED) is 0.801. The number of para-hydroxylation sites is 1. The van der Waals surface area contributed by atoms with Crippen molar-refractivity contribution in [3.8, 4) is 0 Å². The van der Waals surface area contributed by atoms with Crippen molar-refractivity contribution in [3.05, 3.63) is 29.3 Å². The number of rotatable bonds is 5. The number of fused-ring (bicyclic) bond motifs is 1. The summed E-state index contributed by atoms with van der Waals surface area (Å²) in [4.78, 5) is 32.4. The lowest BCUT2D eigenvalue weighted by Gasteiger charge is -2.35. The van der Waals surface area contributed by atoms with Crippen LogP contribution in [0.5, 0.6) is 0 Å². The van der Waals surface area contributed by atoms with Crippen LogP contribution in [0.3, 0.4) is 0 Å². The van der Waals surface area contributed by atoms with Gasteiger partial charge in [-0.25, -0.2) is 4.98 Å². The maximum atomic E-state index is 12.7. The van der Waals surface area contributed by atoms with Crippen LogP contribution < -0.4 is 0 Å². The number of hydrogen-bond acceptors (Lipinski definition) is 6. The van der Waals surface area contributed by atoms with Crippen molar-refractivity contribution in [2.24, 2.45) is 0 Å². The molecule has 1 saturated heterocycles. The Morgan fingerprint density at radius 2 is 2.24 bits per heavy atom. The molecule has 7 nitrogen and oxygen atoms in total. The third-order valence-electron chi connectivity index (χ3n) is 4.11. The standard InChI is InChI=1S/C17H21N3O4S/c1-19(16(22)11-23-2)9-15(21)20-7-8-24-10-13(20)17-18-12-5-3-4-6-14(12)25-17/h3-6,13H,7-11H2,1-2H3. The summed E-state index contributed by atoms with van der Waals surface area (Å²) in [5, 5.41) is 0.861. The minimum Gasteiger partial charge on any atom is -0.377 e. The SMILES string of the molecule is COCC(=O)N(C)CC(=O)N1CCOCC1c1nc2ccccc2s1. The number of morpholine rings is 1. The summed E-state index contributed by atoms with van der Waals surface area (Å²) in [6.45, 7) is 1.38. The Labute approximate surface area is 150 Å². The molecule has 0 bridgehead atoms. The summed E-state index contributed by atoms with van der Waals surface area (Å²) in [7, 11) is 3.06. The summed E-state index contributed by atoms with van der Waals surface area (Å²) in [5.74, 6) is -0.333. The molecule has 1 aromatic heterocycles. The zero-order valence-corrected chi connectivity index (χ0v) is 15.1. The topological polar surface area (TPSA) is 72.0 Å². The van der Waals surface area contributed by atoms with Crippen LogP contribution in [0.1, 0.15) is 11.0 Å². The van der Waals surface area contributed by atoms with Crippen LogP contribution in [0, 0.1) is 0 Å². The Balaban J connectivity index is 1.76. The van der Waals surface area contributed by atoms with Crippen LogP contribution in [0.2, 0.25) is 0 Å². The van der Waals surface area contributed by atoms with Crippen LogP contribution in [-0.4, -0.2) is 73.7 Å². The second-order valence-electron chi connectivity index (χ2n) is 5.88. The lowest BCUT2D eigenvalue weighted by Crippen LogP contribution is -2.48. The molecule has 1 unspecified atom stereocenters. The molecule has 3 rings (SSSR count). The van der Waals surface area contributed by atoms with E-state index in [-0.39, 0.29) is 31.0 Å². The van der Waals surface area contributed by atoms with Gasteiger partial charge in [0.2, 0.25) is 11.8 Å². The summed E-state index contributed by atoms with van der Waals surface area (Å²) in [5.41, 5.74) is 0.924. The first-order valence-electron chi connectivity index (χ1n) is 8.05. The van der Waals surface area contributed by atoms with Crippen molar-refractivity contribution in [2.75, 3.05) is 47.1 Å². The normalized spacial score (nSPS) is 17.7. The van der Waals surface area contributed by atoms with Gasteiger partial charge in [-0.3, -0.25) is 9.59 Å². The number of aromatic nitrogens is 1. The van der Waals surface area contributed by atoms with Crippen molar-refractivity contribution < 1.29 is 19.1 Å². The van der Waals surface area contributed by atoms with Gasteiger partial charge in [-0.05, 0) is 12.1 Å². The molecule has 1 fully saturated rings. The summed E-state index contributed by atoms with van der Waals surface area (Å²) in [6.07, 6.45) is 0. The average Bonchev–Trinajstić information content (AvgIpc) is 3.05. The Morgan fingerprint density at radius 3 is 3.00 bits per heavy atom. The van der Waals surface area contributed by atoms with Crippen molar-refractivity contribution in [1.82, 2.24) is 14.8 Å². The van der Waals surface area contributed by atoms with E-state index in [0.29, 0.717) is 19.8 Å². The Kier molecular flexibility index (Phi) is 5.62. The van der Waals surface area contributed by atoms with Gasteiger partial charge >= 0.3 is 0 Å². The second-order valence-corrected chi connectivity index (χ2v) is 6.94. The molecule has 2 aromatic rings. The number of thiazole rings is 1. The highest BCUT2D eigenvalue weighted by molar-refractivity contribution is 7.18. The first-order valence-corrected chi connectivity index (χ1v) is 8.87. The zero-order valence-electron chi connectivity index (χ0n) is 14.3. The number of carbonyl (C=O) groups is 2. The molecule has 134 valence electrons. The number of benzene rings is 1. The monoisotopic (exact) mass is 363 g/mol. The minimum absolute atomic E-state index is 0.0174. The minimum atomic E-state index is -0.222. The van der Waals surface area contributed by atoms with Gasteiger partial charge in [-0.1, -0.05) is 12.1 Å². The predicted octanol–water partition coefficient (Wildman–Crippen LogP) is 1.30. The maximum Gasteiger partial charge on any atom is 0.248 e. The highest BCUT2D eigenvalue weighted by atomic mass is 32.1. The molecular weight excluding hydrogens is 342 g/mol. The fourth-order valence-electron chi connectivity index (χ4n) is 2.75. The smallest absolute Gasteiger partial charge is 0.248 e. The van der Waals surface area contributed by atoms with E-state index in [4.69, 9.17) is 9.47 Å². The highest BCUT2D eigenvalue weighted by Gasteiger charge is 2.31. The van der Waals surface area contributed by atoms with Crippen molar-refractivity contribution in [2.45, 2.75) is 6.04 Å². The predicted molar refractivity (Wildman–Crippen MR) is 94.4 cm³/mol. The number of hydrogen-bond donors (Lipinski definition) is 0. The van der Waals surface area contributed by atoms with Gasteiger partial charge in [0, 0.05) is 20.7 Å². The molecule has 0 saturated carbocycles. The molecule has 2 amide bonds. The molecule has 1 aliphatic heterocycles. The van der Waals surface area contributed by atoms with E-state index in [9.17, 15) is 9.59 Å². The van der Waals surface area contributed by atoms with Crippen molar-refractivity contribution in [3.63, 3.8) is 0 Å². The first kappa shape index (κ1) is 17.8. The molecule has 8 heteroatoms. The lowest BCUT2D eigenvalue weighted by molar-refractivity contribution is -0.146. The summed E-state index contributed by atoms with van der Waals surface area (Å²) < 4.78 is 11.5. The molecule has 0 aliphatic carbocycles. The van der Waals surface area contributed by atoms with Crippen LogP contribution in [0.15, 0.2) is 24.3 Å².